The summed E-state index contributed by atoms with van der Waals surface area (Å²) in [6.07, 6.45) is -3.35. The number of rotatable bonds is 6. The van der Waals surface area contributed by atoms with Crippen LogP contribution in [0.2, 0.25) is 0 Å². The Morgan fingerprint density at radius 2 is 2.13 bits per heavy atom. The van der Waals surface area contributed by atoms with E-state index in [2.05, 4.69) is 10.1 Å². The number of benzene rings is 1. The van der Waals surface area contributed by atoms with Crippen molar-refractivity contribution >= 4 is 5.91 Å². The zero-order valence-electron chi connectivity index (χ0n) is 13.0. The third kappa shape index (κ3) is 5.42. The van der Waals surface area contributed by atoms with E-state index >= 15 is 0 Å². The van der Waals surface area contributed by atoms with Gasteiger partial charge in [-0.1, -0.05) is 18.2 Å². The minimum Gasteiger partial charge on any atom is -0.406 e. The van der Waals surface area contributed by atoms with Crippen molar-refractivity contribution in [3.05, 3.63) is 29.8 Å². The molecule has 1 N–H and O–H groups in total. The highest BCUT2D eigenvalue weighted by molar-refractivity contribution is 5.76. The third-order valence-electron chi connectivity index (χ3n) is 3.94. The number of ether oxygens (including phenoxy) is 1. The number of para-hydroxylation sites is 1. The van der Waals surface area contributed by atoms with Crippen LogP contribution >= 0.6 is 0 Å². The molecule has 1 heterocycles. The minimum atomic E-state index is -4.73. The standard InChI is InChI=1S/C16H21F3N2O2/c1-20-10-12-8-9-21(11-12)15(22)7-6-13-4-2-3-5-14(13)23-16(17,18)19/h2-5,12,20H,6-11H2,1H3/t12-/m1/s1. The van der Waals surface area contributed by atoms with E-state index in [4.69, 9.17) is 0 Å². The number of alkyl halides is 3. The molecular weight excluding hydrogens is 309 g/mol. The number of carbonyl (C=O) groups is 1. The first-order valence-electron chi connectivity index (χ1n) is 7.65. The fourth-order valence-electron chi connectivity index (χ4n) is 2.85. The molecule has 0 saturated carbocycles. The fraction of sp³-hybridized carbons (Fsp3) is 0.562. The molecule has 23 heavy (non-hydrogen) atoms. The molecule has 1 amide bonds. The van der Waals surface area contributed by atoms with Gasteiger partial charge in [0.1, 0.15) is 5.75 Å². The van der Waals surface area contributed by atoms with Gasteiger partial charge in [-0.05, 0) is 44.0 Å². The number of nitrogens with zero attached hydrogens (tertiary/aromatic N) is 1. The summed E-state index contributed by atoms with van der Waals surface area (Å²) in [6.45, 7) is 2.29. The molecule has 0 radical (unpaired) electrons. The molecule has 7 heteroatoms. The van der Waals surface area contributed by atoms with Crippen molar-refractivity contribution in [3.63, 3.8) is 0 Å². The molecular formula is C16H21F3N2O2. The molecule has 1 aliphatic heterocycles. The third-order valence-corrected chi connectivity index (χ3v) is 3.94. The van der Waals surface area contributed by atoms with E-state index in [1.807, 2.05) is 7.05 Å². The van der Waals surface area contributed by atoms with E-state index in [1.54, 1.807) is 17.0 Å². The molecule has 1 saturated heterocycles. The van der Waals surface area contributed by atoms with Crippen LogP contribution in [-0.2, 0) is 11.2 Å². The second kappa shape index (κ2) is 7.68. The summed E-state index contributed by atoms with van der Waals surface area (Å²) in [5.41, 5.74) is 0.393. The van der Waals surface area contributed by atoms with Gasteiger partial charge in [0.15, 0.2) is 0 Å². The predicted molar refractivity (Wildman–Crippen MR) is 80.1 cm³/mol. The van der Waals surface area contributed by atoms with Crippen LogP contribution in [0.4, 0.5) is 13.2 Å². The van der Waals surface area contributed by atoms with E-state index in [-0.39, 0.29) is 24.5 Å². The number of amides is 1. The number of halogens is 3. The topological polar surface area (TPSA) is 41.6 Å². The van der Waals surface area contributed by atoms with E-state index < -0.39 is 6.36 Å². The summed E-state index contributed by atoms with van der Waals surface area (Å²) in [4.78, 5) is 14.0. The Kier molecular flexibility index (Phi) is 5.87. The zero-order chi connectivity index (χ0) is 16.9. The maximum atomic E-state index is 12.4. The molecule has 1 aromatic rings. The predicted octanol–water partition coefficient (Wildman–Crippen LogP) is 2.59. The van der Waals surface area contributed by atoms with Crippen molar-refractivity contribution in [3.8, 4) is 5.75 Å². The lowest BCUT2D eigenvalue weighted by Gasteiger charge is -2.17. The quantitative estimate of drug-likeness (QED) is 0.872. The average Bonchev–Trinajstić information content (AvgIpc) is 2.93. The van der Waals surface area contributed by atoms with Crippen molar-refractivity contribution in [1.29, 1.82) is 0 Å². The Balaban J connectivity index is 1.90. The van der Waals surface area contributed by atoms with Crippen molar-refractivity contribution < 1.29 is 22.7 Å². The lowest BCUT2D eigenvalue weighted by atomic mass is 10.1. The van der Waals surface area contributed by atoms with Gasteiger partial charge in [0, 0.05) is 19.5 Å². The van der Waals surface area contributed by atoms with E-state index in [0.717, 1.165) is 13.0 Å². The van der Waals surface area contributed by atoms with Crippen LogP contribution in [0.15, 0.2) is 24.3 Å². The molecule has 1 aromatic carbocycles. The molecule has 2 rings (SSSR count). The number of hydrogen-bond donors (Lipinski definition) is 1. The molecule has 1 fully saturated rings. The molecule has 1 atom stereocenters. The van der Waals surface area contributed by atoms with E-state index in [1.165, 1.54) is 12.1 Å². The number of carbonyl (C=O) groups excluding carboxylic acids is 1. The Morgan fingerprint density at radius 3 is 2.83 bits per heavy atom. The van der Waals surface area contributed by atoms with Gasteiger partial charge in [-0.2, -0.15) is 0 Å². The highest BCUT2D eigenvalue weighted by Gasteiger charge is 2.32. The summed E-state index contributed by atoms with van der Waals surface area (Å²) >= 11 is 0. The van der Waals surface area contributed by atoms with E-state index in [0.29, 0.717) is 24.6 Å². The minimum absolute atomic E-state index is 0.0228. The second-order valence-corrected chi connectivity index (χ2v) is 5.71. The maximum Gasteiger partial charge on any atom is 0.573 e. The lowest BCUT2D eigenvalue weighted by molar-refractivity contribution is -0.274. The molecule has 0 bridgehead atoms. The second-order valence-electron chi connectivity index (χ2n) is 5.71. The van der Waals surface area contributed by atoms with Gasteiger partial charge in [-0.3, -0.25) is 4.79 Å². The van der Waals surface area contributed by atoms with Crippen molar-refractivity contribution in [2.24, 2.45) is 5.92 Å². The summed E-state index contributed by atoms with van der Waals surface area (Å²) in [5, 5.41) is 3.10. The monoisotopic (exact) mass is 330 g/mol. The first kappa shape index (κ1) is 17.6. The SMILES string of the molecule is CNC[C@H]1CCN(C(=O)CCc2ccccc2OC(F)(F)F)C1. The van der Waals surface area contributed by atoms with Crippen molar-refractivity contribution in [2.75, 3.05) is 26.7 Å². The van der Waals surface area contributed by atoms with Gasteiger partial charge in [-0.15, -0.1) is 13.2 Å². The molecule has 128 valence electrons. The average molecular weight is 330 g/mol. The highest BCUT2D eigenvalue weighted by Crippen LogP contribution is 2.27. The lowest BCUT2D eigenvalue weighted by Crippen LogP contribution is -2.30. The summed E-state index contributed by atoms with van der Waals surface area (Å²) in [5.74, 6) is 0.192. The summed E-state index contributed by atoms with van der Waals surface area (Å²) in [6, 6.07) is 5.95. The molecule has 0 spiro atoms. The largest absolute Gasteiger partial charge is 0.573 e. The zero-order valence-corrected chi connectivity index (χ0v) is 13.0. The number of likely N-dealkylation sites (tertiary alicyclic amines) is 1. The number of aryl methyl sites for hydroxylation is 1. The smallest absolute Gasteiger partial charge is 0.406 e. The van der Waals surface area contributed by atoms with Gasteiger partial charge in [0.05, 0.1) is 0 Å². The molecule has 0 unspecified atom stereocenters. The van der Waals surface area contributed by atoms with Crippen LogP contribution in [0.1, 0.15) is 18.4 Å². The van der Waals surface area contributed by atoms with Crippen LogP contribution < -0.4 is 10.1 Å². The Bertz CT molecular complexity index is 534. The number of nitrogens with one attached hydrogen (secondary N) is 1. The van der Waals surface area contributed by atoms with E-state index in [9.17, 15) is 18.0 Å². The maximum absolute atomic E-state index is 12.4. The van der Waals surface area contributed by atoms with Crippen LogP contribution in [0.5, 0.6) is 5.75 Å². The Labute approximate surface area is 133 Å². The molecule has 4 nitrogen and oxygen atoms in total. The van der Waals surface area contributed by atoms with Gasteiger partial charge >= 0.3 is 6.36 Å². The van der Waals surface area contributed by atoms with Crippen LogP contribution in [0.25, 0.3) is 0 Å². The van der Waals surface area contributed by atoms with Gasteiger partial charge in [-0.25, -0.2) is 0 Å². The van der Waals surface area contributed by atoms with Crippen LogP contribution in [-0.4, -0.2) is 43.9 Å². The van der Waals surface area contributed by atoms with Crippen LogP contribution in [0.3, 0.4) is 0 Å². The Morgan fingerprint density at radius 1 is 1.39 bits per heavy atom. The van der Waals surface area contributed by atoms with Gasteiger partial charge < -0.3 is 15.0 Å². The Hall–Kier alpha value is -1.76. The van der Waals surface area contributed by atoms with Crippen molar-refractivity contribution in [1.82, 2.24) is 10.2 Å². The normalized spacial score (nSPS) is 18.3. The number of hydrogen-bond acceptors (Lipinski definition) is 3. The first-order valence-corrected chi connectivity index (χ1v) is 7.65. The first-order chi connectivity index (χ1) is 10.9. The summed E-state index contributed by atoms with van der Waals surface area (Å²) < 4.78 is 41.1. The van der Waals surface area contributed by atoms with Gasteiger partial charge in [0.2, 0.25) is 5.91 Å². The highest BCUT2D eigenvalue weighted by atomic mass is 19.4. The van der Waals surface area contributed by atoms with Crippen LogP contribution in [0, 0.1) is 5.92 Å². The molecule has 0 aliphatic carbocycles. The molecule has 0 aromatic heterocycles. The molecule has 1 aliphatic rings. The van der Waals surface area contributed by atoms with Crippen molar-refractivity contribution in [2.45, 2.75) is 25.6 Å². The van der Waals surface area contributed by atoms with Gasteiger partial charge in [0.25, 0.3) is 0 Å². The summed E-state index contributed by atoms with van der Waals surface area (Å²) in [7, 11) is 1.88. The fourth-order valence-corrected chi connectivity index (χ4v) is 2.85.